The van der Waals surface area contributed by atoms with Gasteiger partial charge in [0.1, 0.15) is 5.60 Å². The van der Waals surface area contributed by atoms with Crippen LogP contribution in [0.2, 0.25) is 0 Å². The summed E-state index contributed by atoms with van der Waals surface area (Å²) in [6.07, 6.45) is 7.26. The molecule has 1 aliphatic heterocycles. The number of rotatable bonds is 5. The highest BCUT2D eigenvalue weighted by Crippen LogP contribution is 2.37. The lowest BCUT2D eigenvalue weighted by Crippen LogP contribution is -2.41. The third kappa shape index (κ3) is 4.95. The number of ether oxygens (including phenoxy) is 1. The van der Waals surface area contributed by atoms with Crippen molar-refractivity contribution >= 4 is 23.1 Å². The first-order chi connectivity index (χ1) is 15.1. The van der Waals surface area contributed by atoms with Crippen molar-refractivity contribution in [3.63, 3.8) is 0 Å². The molecule has 172 valence electrons. The fraction of sp³-hybridized carbons (Fsp3) is 0.583. The van der Waals surface area contributed by atoms with Crippen molar-refractivity contribution in [2.24, 2.45) is 5.92 Å². The SMILES string of the molecule is C/C(=C\c1cc2ccnc(C3CCN(C(=O)OC(C)(C)C)CC3)c2n1CC1CC1)[N+](=O)[O-]. The van der Waals surface area contributed by atoms with Crippen LogP contribution in [0.25, 0.3) is 17.0 Å². The van der Waals surface area contributed by atoms with Crippen LogP contribution in [0, 0.1) is 16.0 Å². The number of allylic oxidation sites excluding steroid dienone is 1. The van der Waals surface area contributed by atoms with Crippen LogP contribution in [0.1, 0.15) is 70.7 Å². The number of piperidine rings is 1. The highest BCUT2D eigenvalue weighted by atomic mass is 16.6. The summed E-state index contributed by atoms with van der Waals surface area (Å²) < 4.78 is 7.75. The van der Waals surface area contributed by atoms with Crippen molar-refractivity contribution in [1.29, 1.82) is 0 Å². The largest absolute Gasteiger partial charge is 0.444 e. The summed E-state index contributed by atoms with van der Waals surface area (Å²) in [7, 11) is 0. The molecule has 0 unspecified atom stereocenters. The summed E-state index contributed by atoms with van der Waals surface area (Å²) in [4.78, 5) is 29.9. The number of carbonyl (C=O) groups is 1. The number of nitro groups is 1. The van der Waals surface area contributed by atoms with Gasteiger partial charge in [0.2, 0.25) is 5.70 Å². The molecule has 8 heteroatoms. The summed E-state index contributed by atoms with van der Waals surface area (Å²) in [5.74, 6) is 0.856. The van der Waals surface area contributed by atoms with Gasteiger partial charge >= 0.3 is 6.09 Å². The maximum Gasteiger partial charge on any atom is 0.410 e. The third-order valence-electron chi connectivity index (χ3n) is 6.18. The fourth-order valence-electron chi connectivity index (χ4n) is 4.37. The van der Waals surface area contributed by atoms with Crippen molar-refractivity contribution in [3.05, 3.63) is 45.5 Å². The monoisotopic (exact) mass is 440 g/mol. The third-order valence-corrected chi connectivity index (χ3v) is 6.18. The van der Waals surface area contributed by atoms with Crippen molar-refractivity contribution in [1.82, 2.24) is 14.5 Å². The molecule has 1 aliphatic carbocycles. The minimum Gasteiger partial charge on any atom is -0.444 e. The summed E-state index contributed by atoms with van der Waals surface area (Å²) in [6, 6.07) is 4.02. The predicted octanol–water partition coefficient (Wildman–Crippen LogP) is 5.20. The molecule has 32 heavy (non-hydrogen) atoms. The highest BCUT2D eigenvalue weighted by Gasteiger charge is 2.31. The van der Waals surface area contributed by atoms with E-state index in [0.29, 0.717) is 19.0 Å². The average Bonchev–Trinajstić information content (AvgIpc) is 3.48. The summed E-state index contributed by atoms with van der Waals surface area (Å²) in [5, 5.41) is 12.3. The van der Waals surface area contributed by atoms with Gasteiger partial charge in [-0.1, -0.05) is 0 Å². The van der Waals surface area contributed by atoms with Gasteiger partial charge in [-0.2, -0.15) is 0 Å². The molecule has 0 aromatic carbocycles. The number of nitrogens with zero attached hydrogens (tertiary/aromatic N) is 4. The molecule has 2 aromatic rings. The van der Waals surface area contributed by atoms with Gasteiger partial charge in [0, 0.05) is 55.8 Å². The second-order valence-electron chi connectivity index (χ2n) is 10.0. The zero-order chi connectivity index (χ0) is 23.0. The van der Waals surface area contributed by atoms with Crippen LogP contribution in [0.3, 0.4) is 0 Å². The van der Waals surface area contributed by atoms with E-state index in [2.05, 4.69) is 4.57 Å². The van der Waals surface area contributed by atoms with Crippen molar-refractivity contribution in [2.45, 2.75) is 71.4 Å². The lowest BCUT2D eigenvalue weighted by atomic mass is 9.92. The van der Waals surface area contributed by atoms with Crippen LogP contribution in [-0.2, 0) is 11.3 Å². The van der Waals surface area contributed by atoms with E-state index in [-0.39, 0.29) is 22.6 Å². The fourth-order valence-corrected chi connectivity index (χ4v) is 4.37. The first kappa shape index (κ1) is 22.3. The molecule has 2 fully saturated rings. The molecule has 0 spiro atoms. The second kappa shape index (κ2) is 8.56. The Bertz CT molecular complexity index is 1050. The molecule has 2 aromatic heterocycles. The van der Waals surface area contributed by atoms with E-state index >= 15 is 0 Å². The molecule has 1 saturated carbocycles. The lowest BCUT2D eigenvalue weighted by molar-refractivity contribution is -0.422. The van der Waals surface area contributed by atoms with E-state index in [4.69, 9.17) is 9.72 Å². The van der Waals surface area contributed by atoms with Gasteiger partial charge in [0.15, 0.2) is 0 Å². The number of fused-ring (bicyclic) bond motifs is 1. The van der Waals surface area contributed by atoms with E-state index in [1.807, 2.05) is 39.1 Å². The van der Waals surface area contributed by atoms with E-state index in [9.17, 15) is 14.9 Å². The zero-order valence-corrected chi connectivity index (χ0v) is 19.3. The molecule has 0 atom stereocenters. The standard InChI is InChI=1S/C24H32N4O4/c1-16(28(30)31)13-20-14-19-7-10-25-21(22(19)27(20)15-17-5-6-17)18-8-11-26(12-9-18)23(29)32-24(2,3)4/h7,10,13-14,17-18H,5-6,8-9,11-12,15H2,1-4H3/b16-13+. The normalized spacial score (nSPS) is 18.2. The van der Waals surface area contributed by atoms with Crippen LogP contribution < -0.4 is 0 Å². The molecular weight excluding hydrogens is 408 g/mol. The van der Waals surface area contributed by atoms with E-state index in [1.54, 1.807) is 11.0 Å². The van der Waals surface area contributed by atoms with Gasteiger partial charge in [-0.25, -0.2) is 4.79 Å². The Morgan fingerprint density at radius 2 is 1.97 bits per heavy atom. The number of pyridine rings is 1. The van der Waals surface area contributed by atoms with Gasteiger partial charge in [0.05, 0.1) is 16.1 Å². The Labute approximate surface area is 188 Å². The van der Waals surface area contributed by atoms with Crippen LogP contribution in [0.4, 0.5) is 4.79 Å². The van der Waals surface area contributed by atoms with Gasteiger partial charge in [0.25, 0.3) is 0 Å². The minimum absolute atomic E-state index is 0.130. The molecule has 1 amide bonds. The zero-order valence-electron chi connectivity index (χ0n) is 19.3. The number of amides is 1. The van der Waals surface area contributed by atoms with Crippen LogP contribution >= 0.6 is 0 Å². The summed E-state index contributed by atoms with van der Waals surface area (Å²) >= 11 is 0. The molecule has 0 radical (unpaired) electrons. The number of carbonyl (C=O) groups excluding carboxylic acids is 1. The summed E-state index contributed by atoms with van der Waals surface area (Å²) in [5.41, 5.74) is 2.60. The molecule has 4 rings (SSSR count). The lowest BCUT2D eigenvalue weighted by Gasteiger charge is -2.33. The molecular formula is C24H32N4O4. The van der Waals surface area contributed by atoms with E-state index < -0.39 is 5.60 Å². The Kier molecular flexibility index (Phi) is 5.97. The quantitative estimate of drug-likeness (QED) is 0.471. The van der Waals surface area contributed by atoms with Gasteiger partial charge in [-0.15, -0.1) is 0 Å². The van der Waals surface area contributed by atoms with Crippen molar-refractivity contribution in [3.8, 4) is 0 Å². The average molecular weight is 441 g/mol. The molecule has 1 saturated heterocycles. The van der Waals surface area contributed by atoms with Crippen LogP contribution in [-0.4, -0.2) is 44.2 Å². The second-order valence-corrected chi connectivity index (χ2v) is 10.0. The van der Waals surface area contributed by atoms with E-state index in [0.717, 1.165) is 41.7 Å². The number of likely N-dealkylation sites (tertiary alicyclic amines) is 1. The maximum absolute atomic E-state index is 12.4. The van der Waals surface area contributed by atoms with Crippen LogP contribution in [0.5, 0.6) is 0 Å². The smallest absolute Gasteiger partial charge is 0.410 e. The van der Waals surface area contributed by atoms with Crippen LogP contribution in [0.15, 0.2) is 24.0 Å². The Morgan fingerprint density at radius 3 is 2.56 bits per heavy atom. The van der Waals surface area contributed by atoms with Crippen molar-refractivity contribution < 1.29 is 14.5 Å². The molecule has 0 bridgehead atoms. The van der Waals surface area contributed by atoms with Gasteiger partial charge in [-0.3, -0.25) is 15.1 Å². The topological polar surface area (TPSA) is 90.5 Å². The maximum atomic E-state index is 12.4. The Hall–Kier alpha value is -2.90. The first-order valence-electron chi connectivity index (χ1n) is 11.4. The van der Waals surface area contributed by atoms with E-state index in [1.165, 1.54) is 19.8 Å². The molecule has 0 N–H and O–H groups in total. The molecule has 3 heterocycles. The number of aromatic nitrogens is 2. The highest BCUT2D eigenvalue weighted by molar-refractivity contribution is 5.86. The molecule has 2 aliphatic rings. The van der Waals surface area contributed by atoms with Crippen molar-refractivity contribution in [2.75, 3.05) is 13.1 Å². The minimum atomic E-state index is -0.503. The van der Waals surface area contributed by atoms with Gasteiger partial charge < -0.3 is 14.2 Å². The van der Waals surface area contributed by atoms with Gasteiger partial charge in [-0.05, 0) is 64.5 Å². The summed E-state index contributed by atoms with van der Waals surface area (Å²) in [6.45, 7) is 9.29. The number of hydrogen-bond donors (Lipinski definition) is 0. The first-order valence-corrected chi connectivity index (χ1v) is 11.4. The number of hydrogen-bond acceptors (Lipinski definition) is 5. The Morgan fingerprint density at radius 1 is 1.28 bits per heavy atom. The molecule has 8 nitrogen and oxygen atoms in total. The Balaban J connectivity index is 1.62. The predicted molar refractivity (Wildman–Crippen MR) is 123 cm³/mol.